The van der Waals surface area contributed by atoms with E-state index >= 15 is 0 Å². The molecule has 3 aromatic rings. The number of non-ortho nitro benzene ring substituents is 1. The molecule has 0 bridgehead atoms. The summed E-state index contributed by atoms with van der Waals surface area (Å²) >= 11 is 6.92. The first kappa shape index (κ1) is 25.2. The van der Waals surface area contributed by atoms with Crippen LogP contribution >= 0.6 is 11.6 Å². The summed E-state index contributed by atoms with van der Waals surface area (Å²) in [6.07, 6.45) is 0.795. The van der Waals surface area contributed by atoms with E-state index in [1.54, 1.807) is 28.6 Å². The monoisotopic (exact) mass is 528 g/mol. The number of aryl methyl sites for hydroxylation is 1. The summed E-state index contributed by atoms with van der Waals surface area (Å²) < 4.78 is 1.59. The SMILES string of the molecule is Cc1nn(-c2ccccc2)c(Cl)c1C1C(C#N)=C(N)N(c2ccc([N+](=O)[O-])cc2)C2=C1C(=O)CC(C)(C)C2. The van der Waals surface area contributed by atoms with Gasteiger partial charge in [-0.3, -0.25) is 19.8 Å². The lowest BCUT2D eigenvalue weighted by atomic mass is 9.68. The molecule has 1 aliphatic heterocycles. The number of nitrogens with zero attached hydrogens (tertiary/aromatic N) is 5. The Morgan fingerprint density at radius 2 is 1.79 bits per heavy atom. The van der Waals surface area contributed by atoms with Gasteiger partial charge in [-0.1, -0.05) is 43.6 Å². The Balaban J connectivity index is 1.76. The molecular formula is C28H25ClN6O3. The van der Waals surface area contributed by atoms with Gasteiger partial charge < -0.3 is 5.73 Å². The number of halogens is 1. The number of anilines is 1. The van der Waals surface area contributed by atoms with Crippen molar-refractivity contribution in [3.8, 4) is 11.8 Å². The first-order valence-corrected chi connectivity index (χ1v) is 12.4. The quantitative estimate of drug-likeness (QED) is 0.340. The molecule has 1 aliphatic carbocycles. The number of allylic oxidation sites excluding steroid dienone is 3. The normalized spacial score (nSPS) is 18.9. The number of rotatable bonds is 4. The zero-order valence-electron chi connectivity index (χ0n) is 21.1. The molecule has 9 nitrogen and oxygen atoms in total. The molecule has 38 heavy (non-hydrogen) atoms. The number of nitro groups is 1. The van der Waals surface area contributed by atoms with Crippen molar-refractivity contribution in [2.24, 2.45) is 11.1 Å². The number of hydrogen-bond acceptors (Lipinski definition) is 7. The molecule has 0 saturated carbocycles. The van der Waals surface area contributed by atoms with E-state index in [0.29, 0.717) is 46.2 Å². The molecular weight excluding hydrogens is 504 g/mol. The summed E-state index contributed by atoms with van der Waals surface area (Å²) in [5, 5.41) is 26.5. The summed E-state index contributed by atoms with van der Waals surface area (Å²) in [6.45, 7) is 5.80. The van der Waals surface area contributed by atoms with Crippen LogP contribution in [-0.4, -0.2) is 20.5 Å². The minimum Gasteiger partial charge on any atom is -0.384 e. The van der Waals surface area contributed by atoms with Crippen molar-refractivity contribution in [1.82, 2.24) is 9.78 Å². The molecule has 1 unspecified atom stereocenters. The van der Waals surface area contributed by atoms with Gasteiger partial charge in [0.25, 0.3) is 5.69 Å². The molecule has 2 heterocycles. The number of carbonyl (C=O) groups excluding carboxylic acids is 1. The lowest BCUT2D eigenvalue weighted by Crippen LogP contribution is -2.42. The third-order valence-electron chi connectivity index (χ3n) is 7.04. The van der Waals surface area contributed by atoms with Gasteiger partial charge in [0.05, 0.1) is 33.9 Å². The second kappa shape index (κ2) is 9.15. The summed E-state index contributed by atoms with van der Waals surface area (Å²) in [5.41, 5.74) is 9.94. The summed E-state index contributed by atoms with van der Waals surface area (Å²) in [6, 6.07) is 17.5. The van der Waals surface area contributed by atoms with Gasteiger partial charge in [-0.2, -0.15) is 10.4 Å². The molecule has 0 saturated heterocycles. The van der Waals surface area contributed by atoms with Crippen LogP contribution in [0.3, 0.4) is 0 Å². The number of nitro benzene ring substituents is 1. The second-order valence-electron chi connectivity index (χ2n) is 10.3. The predicted molar refractivity (Wildman–Crippen MR) is 144 cm³/mol. The Labute approximate surface area is 224 Å². The van der Waals surface area contributed by atoms with Crippen LogP contribution in [0.4, 0.5) is 11.4 Å². The first-order valence-electron chi connectivity index (χ1n) is 12.0. The van der Waals surface area contributed by atoms with Crippen LogP contribution in [0.5, 0.6) is 0 Å². The number of nitriles is 1. The zero-order valence-corrected chi connectivity index (χ0v) is 21.9. The van der Waals surface area contributed by atoms with E-state index in [-0.39, 0.29) is 28.3 Å². The number of nitrogens with two attached hydrogens (primary N) is 1. The van der Waals surface area contributed by atoms with Crippen LogP contribution in [0.1, 0.15) is 43.9 Å². The van der Waals surface area contributed by atoms with Gasteiger partial charge in [-0.25, -0.2) is 4.68 Å². The highest BCUT2D eigenvalue weighted by Crippen LogP contribution is 2.51. The maximum atomic E-state index is 13.8. The molecule has 1 atom stereocenters. The Kier molecular flexibility index (Phi) is 6.08. The summed E-state index contributed by atoms with van der Waals surface area (Å²) in [4.78, 5) is 26.2. The number of Topliss-reactive ketones (excluding diaryl/α,β-unsaturated/α-hetero) is 1. The van der Waals surface area contributed by atoms with Crippen molar-refractivity contribution in [2.45, 2.75) is 39.5 Å². The van der Waals surface area contributed by atoms with E-state index in [1.807, 2.05) is 44.2 Å². The van der Waals surface area contributed by atoms with Crippen molar-refractivity contribution in [3.63, 3.8) is 0 Å². The van der Waals surface area contributed by atoms with Crippen LogP contribution < -0.4 is 10.6 Å². The largest absolute Gasteiger partial charge is 0.384 e. The van der Waals surface area contributed by atoms with Crippen LogP contribution in [0.15, 0.2) is 77.3 Å². The zero-order chi connectivity index (χ0) is 27.4. The van der Waals surface area contributed by atoms with E-state index in [9.17, 15) is 20.2 Å². The second-order valence-corrected chi connectivity index (χ2v) is 10.6. The van der Waals surface area contributed by atoms with E-state index < -0.39 is 10.8 Å². The Morgan fingerprint density at radius 1 is 1.13 bits per heavy atom. The predicted octanol–water partition coefficient (Wildman–Crippen LogP) is 5.68. The van der Waals surface area contributed by atoms with Gasteiger partial charge in [0.2, 0.25) is 0 Å². The van der Waals surface area contributed by atoms with E-state index in [4.69, 9.17) is 17.3 Å². The van der Waals surface area contributed by atoms with Gasteiger partial charge in [0.1, 0.15) is 11.0 Å². The smallest absolute Gasteiger partial charge is 0.269 e. The average molecular weight is 529 g/mol. The first-order chi connectivity index (χ1) is 18.0. The van der Waals surface area contributed by atoms with Crippen molar-refractivity contribution < 1.29 is 9.72 Å². The number of carbonyl (C=O) groups is 1. The average Bonchev–Trinajstić information content (AvgIpc) is 3.16. The molecule has 0 fully saturated rings. The lowest BCUT2D eigenvalue weighted by molar-refractivity contribution is -0.384. The van der Waals surface area contributed by atoms with Crippen LogP contribution in [0.25, 0.3) is 5.69 Å². The third-order valence-corrected chi connectivity index (χ3v) is 7.40. The van der Waals surface area contributed by atoms with Crippen molar-refractivity contribution in [1.29, 1.82) is 5.26 Å². The van der Waals surface area contributed by atoms with Gasteiger partial charge in [0, 0.05) is 41.1 Å². The molecule has 0 spiro atoms. The highest BCUT2D eigenvalue weighted by atomic mass is 35.5. The molecule has 0 amide bonds. The maximum absolute atomic E-state index is 13.8. The van der Waals surface area contributed by atoms with Crippen molar-refractivity contribution in [3.05, 3.63) is 104 Å². The fourth-order valence-corrected chi connectivity index (χ4v) is 5.78. The number of para-hydroxylation sites is 1. The molecule has 2 aliphatic rings. The Hall–Kier alpha value is -4.42. The highest BCUT2D eigenvalue weighted by molar-refractivity contribution is 6.31. The van der Waals surface area contributed by atoms with E-state index in [1.165, 1.54) is 12.1 Å². The van der Waals surface area contributed by atoms with Crippen LogP contribution in [0, 0.1) is 33.8 Å². The molecule has 5 rings (SSSR count). The highest BCUT2D eigenvalue weighted by Gasteiger charge is 2.46. The fraction of sp³-hybridized carbons (Fsp3) is 0.250. The van der Waals surface area contributed by atoms with Gasteiger partial charge in [-0.15, -0.1) is 0 Å². The number of benzene rings is 2. The van der Waals surface area contributed by atoms with Gasteiger partial charge in [0.15, 0.2) is 5.78 Å². The van der Waals surface area contributed by atoms with Crippen molar-refractivity contribution >= 4 is 28.8 Å². The standard InChI is InChI=1S/C28H25ClN6O3/c1-16-23(26(29)34(32-16)18-7-5-4-6-8-18)24-20(15-30)27(31)33(17-9-11-19(12-10-17)35(37)38)21-13-28(2,3)14-22(36)25(21)24/h4-12,24H,13-14,31H2,1-3H3. The van der Waals surface area contributed by atoms with E-state index in [0.717, 1.165) is 5.69 Å². The van der Waals surface area contributed by atoms with Crippen molar-refractivity contribution in [2.75, 3.05) is 4.90 Å². The van der Waals surface area contributed by atoms with Gasteiger partial charge in [-0.05, 0) is 43.0 Å². The number of hydrogen-bond donors (Lipinski definition) is 1. The summed E-state index contributed by atoms with van der Waals surface area (Å²) in [7, 11) is 0. The van der Waals surface area contributed by atoms with Crippen LogP contribution in [-0.2, 0) is 4.79 Å². The number of ketones is 1. The third kappa shape index (κ3) is 4.03. The molecule has 2 aromatic carbocycles. The molecule has 2 N–H and O–H groups in total. The molecule has 10 heteroatoms. The van der Waals surface area contributed by atoms with E-state index in [2.05, 4.69) is 11.2 Å². The Bertz CT molecular complexity index is 1580. The Morgan fingerprint density at radius 3 is 2.39 bits per heavy atom. The summed E-state index contributed by atoms with van der Waals surface area (Å²) in [5.74, 6) is -0.743. The number of aromatic nitrogens is 2. The minimum atomic E-state index is -0.794. The fourth-order valence-electron chi connectivity index (χ4n) is 5.40. The minimum absolute atomic E-state index is 0.0725. The van der Waals surface area contributed by atoms with Crippen LogP contribution in [0.2, 0.25) is 5.15 Å². The maximum Gasteiger partial charge on any atom is 0.269 e. The molecule has 1 aromatic heterocycles. The van der Waals surface area contributed by atoms with Gasteiger partial charge >= 0.3 is 0 Å². The lowest BCUT2D eigenvalue weighted by Gasteiger charge is -2.43. The molecule has 0 radical (unpaired) electrons. The topological polar surface area (TPSA) is 131 Å². The molecule has 192 valence electrons.